The van der Waals surface area contributed by atoms with Gasteiger partial charge in [-0.25, -0.2) is 4.98 Å². The predicted molar refractivity (Wildman–Crippen MR) is 66.6 cm³/mol. The summed E-state index contributed by atoms with van der Waals surface area (Å²) in [5.41, 5.74) is 2.34. The number of nitrogens with one attached hydrogen (secondary N) is 1. The van der Waals surface area contributed by atoms with Crippen molar-refractivity contribution in [1.82, 2.24) is 4.98 Å². The normalized spacial score (nSPS) is 9.65. The maximum absolute atomic E-state index is 10.9. The summed E-state index contributed by atoms with van der Waals surface area (Å²) in [7, 11) is 0. The van der Waals surface area contributed by atoms with E-state index in [0.717, 1.165) is 11.3 Å². The number of thiazole rings is 1. The molecule has 1 aromatic heterocycles. The van der Waals surface area contributed by atoms with Crippen LogP contribution >= 0.6 is 11.3 Å². The van der Waals surface area contributed by atoms with Gasteiger partial charge in [0.05, 0.1) is 17.3 Å². The van der Waals surface area contributed by atoms with E-state index >= 15 is 0 Å². The molecular weight excluding hydrogens is 234 g/mol. The van der Waals surface area contributed by atoms with Crippen molar-refractivity contribution in [2.24, 2.45) is 0 Å². The molecule has 1 heterocycles. The molecule has 0 fully saturated rings. The predicted octanol–water partition coefficient (Wildman–Crippen LogP) is 2.64. The number of nitriles is 1. The van der Waals surface area contributed by atoms with E-state index in [4.69, 9.17) is 5.26 Å². The second-order valence-electron chi connectivity index (χ2n) is 3.41. The van der Waals surface area contributed by atoms with Gasteiger partial charge in [0.2, 0.25) is 5.91 Å². The molecule has 0 spiro atoms. The third kappa shape index (κ3) is 2.68. The van der Waals surface area contributed by atoms with E-state index in [-0.39, 0.29) is 5.91 Å². The van der Waals surface area contributed by atoms with Crippen LogP contribution < -0.4 is 5.32 Å². The zero-order valence-corrected chi connectivity index (χ0v) is 9.91. The summed E-state index contributed by atoms with van der Waals surface area (Å²) < 4.78 is 0. The van der Waals surface area contributed by atoms with Crippen LogP contribution in [0.2, 0.25) is 0 Å². The maximum Gasteiger partial charge on any atom is 0.223 e. The Hall–Kier alpha value is -2.19. The number of nitrogens with zero attached hydrogens (tertiary/aromatic N) is 2. The molecule has 2 aromatic rings. The molecule has 0 saturated carbocycles. The van der Waals surface area contributed by atoms with Gasteiger partial charge in [0.25, 0.3) is 0 Å². The van der Waals surface area contributed by atoms with Gasteiger partial charge < -0.3 is 5.32 Å². The highest BCUT2D eigenvalue weighted by atomic mass is 32.1. The van der Waals surface area contributed by atoms with Crippen molar-refractivity contribution in [3.63, 3.8) is 0 Å². The summed E-state index contributed by atoms with van der Waals surface area (Å²) in [4.78, 5) is 15.1. The smallest absolute Gasteiger partial charge is 0.223 e. The fourth-order valence-electron chi connectivity index (χ4n) is 1.33. The lowest BCUT2D eigenvalue weighted by atomic mass is 10.1. The van der Waals surface area contributed by atoms with Gasteiger partial charge >= 0.3 is 0 Å². The van der Waals surface area contributed by atoms with E-state index in [1.54, 1.807) is 12.1 Å². The number of rotatable bonds is 2. The van der Waals surface area contributed by atoms with Crippen LogP contribution in [0.5, 0.6) is 0 Å². The van der Waals surface area contributed by atoms with Gasteiger partial charge in [-0.3, -0.25) is 4.79 Å². The van der Waals surface area contributed by atoms with Gasteiger partial charge in [0.15, 0.2) is 5.13 Å². The van der Waals surface area contributed by atoms with Gasteiger partial charge in [-0.1, -0.05) is 12.1 Å². The molecule has 0 radical (unpaired) electrons. The molecule has 5 heteroatoms. The average Bonchev–Trinajstić information content (AvgIpc) is 2.77. The molecule has 0 saturated heterocycles. The van der Waals surface area contributed by atoms with Crippen LogP contribution in [0.25, 0.3) is 11.3 Å². The van der Waals surface area contributed by atoms with Crippen LogP contribution in [0.1, 0.15) is 12.5 Å². The first-order valence-electron chi connectivity index (χ1n) is 4.92. The number of hydrogen-bond donors (Lipinski definition) is 1. The van der Waals surface area contributed by atoms with E-state index in [2.05, 4.69) is 16.4 Å². The molecule has 84 valence electrons. The summed E-state index contributed by atoms with van der Waals surface area (Å²) in [6.45, 7) is 1.45. The number of carbonyl (C=O) groups excluding carboxylic acids is 1. The van der Waals surface area contributed by atoms with Crippen LogP contribution in [-0.2, 0) is 4.79 Å². The SMILES string of the molecule is CC(=O)Nc1nc(-c2ccc(C#N)cc2)cs1. The number of aromatic nitrogens is 1. The fourth-order valence-corrected chi connectivity index (χ4v) is 2.10. The van der Waals surface area contributed by atoms with Gasteiger partial charge in [0.1, 0.15) is 0 Å². The Morgan fingerprint density at radius 2 is 2.12 bits per heavy atom. The average molecular weight is 243 g/mol. The monoisotopic (exact) mass is 243 g/mol. The van der Waals surface area contributed by atoms with Crippen molar-refractivity contribution in [2.75, 3.05) is 5.32 Å². The van der Waals surface area contributed by atoms with E-state index in [1.165, 1.54) is 18.3 Å². The third-order valence-electron chi connectivity index (χ3n) is 2.10. The maximum atomic E-state index is 10.9. The van der Waals surface area contributed by atoms with E-state index in [1.807, 2.05) is 17.5 Å². The Kier molecular flexibility index (Phi) is 3.17. The summed E-state index contributed by atoms with van der Waals surface area (Å²) in [6, 6.07) is 9.22. The number of carbonyl (C=O) groups is 1. The summed E-state index contributed by atoms with van der Waals surface area (Å²) in [5, 5.41) is 13.8. The van der Waals surface area contributed by atoms with Crippen LogP contribution in [-0.4, -0.2) is 10.9 Å². The molecule has 1 N–H and O–H groups in total. The van der Waals surface area contributed by atoms with Crippen molar-refractivity contribution >= 4 is 22.4 Å². The Balaban J connectivity index is 2.24. The minimum absolute atomic E-state index is 0.134. The molecule has 2 rings (SSSR count). The Morgan fingerprint density at radius 1 is 1.41 bits per heavy atom. The molecule has 0 bridgehead atoms. The molecule has 0 unspecified atom stereocenters. The molecule has 0 aliphatic carbocycles. The molecule has 0 atom stereocenters. The lowest BCUT2D eigenvalue weighted by Gasteiger charge is -1.96. The first-order valence-corrected chi connectivity index (χ1v) is 5.80. The second kappa shape index (κ2) is 4.76. The molecule has 0 aliphatic rings. The Bertz CT molecular complexity index is 581. The van der Waals surface area contributed by atoms with Crippen molar-refractivity contribution in [1.29, 1.82) is 5.26 Å². The third-order valence-corrected chi connectivity index (χ3v) is 2.85. The first kappa shape index (κ1) is 11.3. The van der Waals surface area contributed by atoms with Crippen LogP contribution in [0.3, 0.4) is 0 Å². The van der Waals surface area contributed by atoms with Crippen LogP contribution in [0.4, 0.5) is 5.13 Å². The number of anilines is 1. The standard InChI is InChI=1S/C12H9N3OS/c1-8(16)14-12-15-11(7-17-12)10-4-2-9(6-13)3-5-10/h2-5,7H,1H3,(H,14,15,16). The van der Waals surface area contributed by atoms with Crippen molar-refractivity contribution in [3.05, 3.63) is 35.2 Å². The molecule has 17 heavy (non-hydrogen) atoms. The minimum Gasteiger partial charge on any atom is -0.302 e. The first-order chi connectivity index (χ1) is 8.19. The molecule has 4 nitrogen and oxygen atoms in total. The minimum atomic E-state index is -0.134. The second-order valence-corrected chi connectivity index (χ2v) is 4.27. The number of hydrogen-bond acceptors (Lipinski definition) is 4. The van der Waals surface area contributed by atoms with E-state index in [0.29, 0.717) is 10.7 Å². The molecule has 1 aromatic carbocycles. The zero-order chi connectivity index (χ0) is 12.3. The summed E-state index contributed by atoms with van der Waals surface area (Å²) in [5.74, 6) is -0.134. The van der Waals surface area contributed by atoms with Crippen molar-refractivity contribution in [2.45, 2.75) is 6.92 Å². The van der Waals surface area contributed by atoms with Crippen molar-refractivity contribution < 1.29 is 4.79 Å². The number of amides is 1. The quantitative estimate of drug-likeness (QED) is 0.881. The number of benzene rings is 1. The molecule has 0 aliphatic heterocycles. The van der Waals surface area contributed by atoms with E-state index < -0.39 is 0 Å². The molecule has 1 amide bonds. The van der Waals surface area contributed by atoms with Gasteiger partial charge in [-0.2, -0.15) is 5.26 Å². The summed E-state index contributed by atoms with van der Waals surface area (Å²) in [6.07, 6.45) is 0. The Morgan fingerprint density at radius 3 is 2.71 bits per heavy atom. The fraction of sp³-hybridized carbons (Fsp3) is 0.0833. The highest BCUT2D eigenvalue weighted by Gasteiger charge is 2.05. The molecular formula is C12H9N3OS. The van der Waals surface area contributed by atoms with E-state index in [9.17, 15) is 4.79 Å². The topological polar surface area (TPSA) is 65.8 Å². The van der Waals surface area contributed by atoms with Crippen LogP contribution in [0, 0.1) is 11.3 Å². The Labute approximate surface area is 103 Å². The largest absolute Gasteiger partial charge is 0.302 e. The van der Waals surface area contributed by atoms with Crippen molar-refractivity contribution in [3.8, 4) is 17.3 Å². The van der Waals surface area contributed by atoms with Gasteiger partial charge in [-0.15, -0.1) is 11.3 Å². The summed E-state index contributed by atoms with van der Waals surface area (Å²) >= 11 is 1.37. The highest BCUT2D eigenvalue weighted by molar-refractivity contribution is 7.14. The van der Waals surface area contributed by atoms with Crippen LogP contribution in [0.15, 0.2) is 29.6 Å². The lowest BCUT2D eigenvalue weighted by Crippen LogP contribution is -2.04. The zero-order valence-electron chi connectivity index (χ0n) is 9.10. The highest BCUT2D eigenvalue weighted by Crippen LogP contribution is 2.24. The lowest BCUT2D eigenvalue weighted by molar-refractivity contribution is -0.114. The van der Waals surface area contributed by atoms with Gasteiger partial charge in [0, 0.05) is 17.9 Å². The van der Waals surface area contributed by atoms with Gasteiger partial charge in [-0.05, 0) is 12.1 Å².